The van der Waals surface area contributed by atoms with Gasteiger partial charge in [-0.3, -0.25) is 24.1 Å². The van der Waals surface area contributed by atoms with E-state index in [-0.39, 0.29) is 44.2 Å². The number of aldehydes is 1. The molecule has 13 heteroatoms. The van der Waals surface area contributed by atoms with Crippen molar-refractivity contribution in [1.29, 1.82) is 0 Å². The van der Waals surface area contributed by atoms with E-state index in [0.717, 1.165) is 42.6 Å². The molecule has 1 aliphatic carbocycles. The number of nitrogens with one attached hydrogen (secondary N) is 2. The maximum Gasteiger partial charge on any atom is 0.312 e. The van der Waals surface area contributed by atoms with Crippen molar-refractivity contribution >= 4 is 35.8 Å². The van der Waals surface area contributed by atoms with Crippen molar-refractivity contribution in [2.75, 3.05) is 20.1 Å². The van der Waals surface area contributed by atoms with Crippen LogP contribution in [0.25, 0.3) is 0 Å². The van der Waals surface area contributed by atoms with E-state index in [1.54, 1.807) is 37.4 Å². The molecule has 8 N–H and O–H groups in total. The van der Waals surface area contributed by atoms with E-state index < -0.39 is 53.3 Å². The highest BCUT2D eigenvalue weighted by molar-refractivity contribution is 6.15. The molecule has 5 amide bonds. The molecule has 2 aromatic rings. The molecular weight excluding hydrogens is 674 g/mol. The van der Waals surface area contributed by atoms with Crippen molar-refractivity contribution < 1.29 is 28.8 Å². The predicted molar refractivity (Wildman–Crippen MR) is 202 cm³/mol. The van der Waals surface area contributed by atoms with Gasteiger partial charge in [-0.1, -0.05) is 92.8 Å². The number of carbonyl (C=O) groups is 6. The van der Waals surface area contributed by atoms with Gasteiger partial charge in [0.05, 0.1) is 18.1 Å². The molecule has 0 bridgehead atoms. The number of likely N-dealkylation sites (tertiary alicyclic amines) is 1. The third-order valence-electron chi connectivity index (χ3n) is 10.7. The molecule has 0 aromatic heterocycles. The fraction of sp³-hybridized carbons (Fsp3) is 0.550. The van der Waals surface area contributed by atoms with Gasteiger partial charge in [0.15, 0.2) is 17.6 Å². The van der Waals surface area contributed by atoms with E-state index in [1.165, 1.54) is 4.90 Å². The number of hydrogen-bond donors (Lipinski definition) is 5. The minimum atomic E-state index is -2.34. The van der Waals surface area contributed by atoms with Gasteiger partial charge in [0.1, 0.15) is 6.04 Å². The maximum atomic E-state index is 15.1. The third-order valence-corrected chi connectivity index (χ3v) is 10.7. The number of hydrogen-bond acceptors (Lipinski definition) is 9. The Morgan fingerprint density at radius 1 is 0.887 bits per heavy atom. The molecular formula is C40H57N7O6. The van der Waals surface area contributed by atoms with Crippen LogP contribution < -0.4 is 27.8 Å². The second-order valence-corrected chi connectivity index (χ2v) is 14.5. The summed E-state index contributed by atoms with van der Waals surface area (Å²) in [6.45, 7) is 0.527. The van der Waals surface area contributed by atoms with Gasteiger partial charge in [0.2, 0.25) is 11.8 Å². The molecule has 288 valence electrons. The standard InChI is InChI=1S/C40H57N7O6/c1-44-33(25-29-16-7-3-8-17-29)37(51)46-23-13-21-34(46)38(52)47(36(50)32(42)24-28-14-5-2-6-15-28)40(27-48,26-30-18-9-4-10-19-30)35(49)31(41)20-11-12-22-45-39(43)53/h3-4,7-10,16-19,27-28,31-34,44H,2,5-6,11-15,20-26,41-42H2,1H3,(H3,43,45,53)/t31-,32+,33-,34-,40-/m0/s1. The number of primary amides is 1. The normalized spacial score (nSPS) is 19.0. The van der Waals surface area contributed by atoms with Crippen LogP contribution in [0.1, 0.15) is 81.8 Å². The van der Waals surface area contributed by atoms with Gasteiger partial charge >= 0.3 is 6.03 Å². The number of imide groups is 1. The molecule has 0 spiro atoms. The molecule has 13 nitrogen and oxygen atoms in total. The molecule has 53 heavy (non-hydrogen) atoms. The van der Waals surface area contributed by atoms with Crippen LogP contribution in [0.3, 0.4) is 0 Å². The summed E-state index contributed by atoms with van der Waals surface area (Å²) < 4.78 is 0. The van der Waals surface area contributed by atoms with Crippen LogP contribution in [-0.2, 0) is 36.8 Å². The molecule has 2 aliphatic rings. The van der Waals surface area contributed by atoms with Gasteiger partial charge in [0.25, 0.3) is 5.91 Å². The Balaban J connectivity index is 1.74. The lowest BCUT2D eigenvalue weighted by atomic mass is 9.80. The lowest BCUT2D eigenvalue weighted by Gasteiger charge is -2.42. The molecule has 1 heterocycles. The summed E-state index contributed by atoms with van der Waals surface area (Å²) in [4.78, 5) is 85.7. The highest BCUT2D eigenvalue weighted by Gasteiger charge is 2.54. The predicted octanol–water partition coefficient (Wildman–Crippen LogP) is 2.38. The summed E-state index contributed by atoms with van der Waals surface area (Å²) in [7, 11) is 1.68. The summed E-state index contributed by atoms with van der Waals surface area (Å²) in [6.07, 6.45) is 7.33. The first kappa shape index (κ1) is 41.3. The number of amides is 5. The Hall–Kier alpha value is -4.46. The number of unbranched alkanes of at least 4 members (excludes halogenated alkanes) is 1. The minimum Gasteiger partial charge on any atom is -0.352 e. The Kier molecular flexibility index (Phi) is 15.7. The highest BCUT2D eigenvalue weighted by atomic mass is 16.2. The summed E-state index contributed by atoms with van der Waals surface area (Å²) in [5.41, 5.74) is 17.5. The fourth-order valence-electron chi connectivity index (χ4n) is 7.84. The summed E-state index contributed by atoms with van der Waals surface area (Å²) >= 11 is 0. The quantitative estimate of drug-likeness (QED) is 0.0815. The van der Waals surface area contributed by atoms with Crippen LogP contribution in [0.2, 0.25) is 0 Å². The van der Waals surface area contributed by atoms with Crippen LogP contribution in [0, 0.1) is 5.92 Å². The zero-order chi connectivity index (χ0) is 38.4. The van der Waals surface area contributed by atoms with E-state index in [4.69, 9.17) is 17.2 Å². The highest BCUT2D eigenvalue weighted by Crippen LogP contribution is 2.32. The molecule has 4 rings (SSSR count). The lowest BCUT2D eigenvalue weighted by Crippen LogP contribution is -2.70. The monoisotopic (exact) mass is 731 g/mol. The zero-order valence-corrected chi connectivity index (χ0v) is 30.9. The van der Waals surface area contributed by atoms with Crippen molar-refractivity contribution in [1.82, 2.24) is 20.4 Å². The van der Waals surface area contributed by atoms with Crippen LogP contribution >= 0.6 is 0 Å². The number of nitrogens with zero attached hydrogens (tertiary/aromatic N) is 2. The fourth-order valence-corrected chi connectivity index (χ4v) is 7.84. The van der Waals surface area contributed by atoms with Crippen LogP contribution in [0.4, 0.5) is 4.79 Å². The molecule has 2 fully saturated rings. The van der Waals surface area contributed by atoms with Gasteiger partial charge in [-0.25, -0.2) is 4.79 Å². The van der Waals surface area contributed by atoms with E-state index in [1.807, 2.05) is 30.3 Å². The number of urea groups is 1. The van der Waals surface area contributed by atoms with Crippen LogP contribution in [-0.4, -0.2) is 95.5 Å². The maximum absolute atomic E-state index is 15.1. The average molecular weight is 732 g/mol. The first-order valence-electron chi connectivity index (χ1n) is 19.0. The Morgan fingerprint density at radius 3 is 2.13 bits per heavy atom. The van der Waals surface area contributed by atoms with Gasteiger partial charge in [-0.2, -0.15) is 0 Å². The summed E-state index contributed by atoms with van der Waals surface area (Å²) in [5.74, 6) is -2.60. The van der Waals surface area contributed by atoms with Crippen molar-refractivity contribution in [2.45, 2.75) is 113 Å². The Morgan fingerprint density at radius 2 is 1.53 bits per heavy atom. The Labute approximate surface area is 312 Å². The van der Waals surface area contributed by atoms with Gasteiger partial charge in [0, 0.05) is 19.5 Å². The topological polar surface area (TPSA) is 211 Å². The number of nitrogens with two attached hydrogens (primary N) is 3. The smallest absolute Gasteiger partial charge is 0.312 e. The first-order valence-corrected chi connectivity index (χ1v) is 19.0. The lowest BCUT2D eigenvalue weighted by molar-refractivity contribution is -0.165. The number of ketones is 1. The summed E-state index contributed by atoms with van der Waals surface area (Å²) in [6, 6.07) is 13.3. The van der Waals surface area contributed by atoms with Crippen LogP contribution in [0.15, 0.2) is 60.7 Å². The molecule has 1 saturated carbocycles. The minimum absolute atomic E-state index is 0.116. The average Bonchev–Trinajstić information content (AvgIpc) is 3.67. The zero-order valence-electron chi connectivity index (χ0n) is 30.9. The van der Waals surface area contributed by atoms with E-state index in [9.17, 15) is 24.0 Å². The number of Topliss-reactive ketones (excluding diaryl/α,β-unsaturated/α-hetero) is 1. The number of likely N-dealkylation sites (N-methyl/N-ethyl adjacent to an activating group) is 1. The van der Waals surface area contributed by atoms with E-state index >= 15 is 4.79 Å². The molecule has 2 aromatic carbocycles. The largest absolute Gasteiger partial charge is 0.352 e. The van der Waals surface area contributed by atoms with Crippen molar-refractivity contribution in [2.24, 2.45) is 23.1 Å². The van der Waals surface area contributed by atoms with Crippen molar-refractivity contribution in [3.63, 3.8) is 0 Å². The second kappa shape index (κ2) is 20.1. The van der Waals surface area contributed by atoms with Crippen molar-refractivity contribution in [3.8, 4) is 0 Å². The number of carbonyl (C=O) groups excluding carboxylic acids is 6. The van der Waals surface area contributed by atoms with Crippen LogP contribution in [0.5, 0.6) is 0 Å². The van der Waals surface area contributed by atoms with Crippen molar-refractivity contribution in [3.05, 3.63) is 71.8 Å². The second-order valence-electron chi connectivity index (χ2n) is 14.5. The van der Waals surface area contributed by atoms with Gasteiger partial charge in [-0.05, 0) is 69.0 Å². The third kappa shape index (κ3) is 10.8. The SMILES string of the molecule is CN[C@@H](Cc1ccccc1)C(=O)N1CCC[C@H]1C(=O)N(C(=O)[C@H](N)CC1CCCCC1)[C@](C=O)(Cc1ccccc1)C(=O)[C@@H](N)CCCCNC(N)=O. The first-order chi connectivity index (χ1) is 25.5. The summed E-state index contributed by atoms with van der Waals surface area (Å²) in [5, 5.41) is 5.58. The molecule has 5 atom stereocenters. The molecule has 1 saturated heterocycles. The number of rotatable bonds is 19. The van der Waals surface area contributed by atoms with E-state index in [0.29, 0.717) is 44.0 Å². The van der Waals surface area contributed by atoms with E-state index in [2.05, 4.69) is 10.6 Å². The molecule has 1 aliphatic heterocycles. The van der Waals surface area contributed by atoms with Gasteiger partial charge in [-0.15, -0.1) is 0 Å². The Bertz CT molecular complexity index is 1540. The number of benzene rings is 2. The molecule has 0 radical (unpaired) electrons. The molecule has 0 unspecified atom stereocenters. The van der Waals surface area contributed by atoms with Gasteiger partial charge < -0.3 is 37.5 Å².